The van der Waals surface area contributed by atoms with Gasteiger partial charge in [0.1, 0.15) is 0 Å². The molecule has 1 aromatic rings. The van der Waals surface area contributed by atoms with E-state index in [0.29, 0.717) is 0 Å². The number of nitrogens with zero attached hydrogens (tertiary/aromatic N) is 1. The van der Waals surface area contributed by atoms with Crippen LogP contribution in [0.1, 0.15) is 11.1 Å². The van der Waals surface area contributed by atoms with Gasteiger partial charge in [-0.1, -0.05) is 30.8 Å². The smallest absolute Gasteiger partial charge is 0.0367 e. The van der Waals surface area contributed by atoms with Gasteiger partial charge in [-0.2, -0.15) is 0 Å². The van der Waals surface area contributed by atoms with E-state index in [2.05, 4.69) is 42.8 Å². The van der Waals surface area contributed by atoms with E-state index in [-0.39, 0.29) is 0 Å². The lowest BCUT2D eigenvalue weighted by Gasteiger charge is -2.28. The van der Waals surface area contributed by atoms with Gasteiger partial charge in [-0.3, -0.25) is 0 Å². The first kappa shape index (κ1) is 7.41. The molecule has 2 rings (SSSR count). The number of hydrogen-bond donors (Lipinski definition) is 0. The minimum Gasteiger partial charge on any atom is -0.374 e. The average molecular weight is 159 g/mol. The summed E-state index contributed by atoms with van der Waals surface area (Å²) in [4.78, 5) is 2.21. The van der Waals surface area contributed by atoms with Crippen LogP contribution in [0, 0.1) is 0 Å². The van der Waals surface area contributed by atoms with Crippen LogP contribution in [0.15, 0.2) is 30.8 Å². The summed E-state index contributed by atoms with van der Waals surface area (Å²) in [6.07, 6.45) is 1.14. The van der Waals surface area contributed by atoms with E-state index >= 15 is 0 Å². The first-order valence-electron chi connectivity index (χ1n) is 4.27. The molecule has 1 heteroatoms. The Morgan fingerprint density at radius 1 is 1.33 bits per heavy atom. The Bertz CT molecular complexity index is 315. The second-order valence-corrected chi connectivity index (χ2v) is 3.28. The molecule has 0 aromatic heterocycles. The van der Waals surface area contributed by atoms with Crippen molar-refractivity contribution in [3.63, 3.8) is 0 Å². The van der Waals surface area contributed by atoms with Crippen LogP contribution in [0.25, 0.3) is 5.70 Å². The molecule has 0 atom stereocenters. The number of hydrogen-bond acceptors (Lipinski definition) is 1. The molecule has 0 aliphatic carbocycles. The topological polar surface area (TPSA) is 3.24 Å². The molecule has 0 saturated heterocycles. The van der Waals surface area contributed by atoms with Crippen molar-refractivity contribution in [2.75, 3.05) is 13.6 Å². The summed E-state index contributed by atoms with van der Waals surface area (Å²) in [6, 6.07) is 8.50. The van der Waals surface area contributed by atoms with Gasteiger partial charge in [0.15, 0.2) is 0 Å². The van der Waals surface area contributed by atoms with Gasteiger partial charge in [0.25, 0.3) is 0 Å². The monoisotopic (exact) mass is 159 g/mol. The summed E-state index contributed by atoms with van der Waals surface area (Å²) in [6.45, 7) is 5.16. The van der Waals surface area contributed by atoms with Gasteiger partial charge in [-0.05, 0) is 12.0 Å². The van der Waals surface area contributed by atoms with Crippen LogP contribution >= 0.6 is 0 Å². The highest BCUT2D eigenvalue weighted by atomic mass is 15.1. The number of benzene rings is 1. The van der Waals surface area contributed by atoms with Crippen LogP contribution in [0.3, 0.4) is 0 Å². The zero-order chi connectivity index (χ0) is 8.55. The molecule has 1 aliphatic heterocycles. The first-order valence-corrected chi connectivity index (χ1v) is 4.27. The highest BCUT2D eigenvalue weighted by molar-refractivity contribution is 5.66. The minimum absolute atomic E-state index is 1.09. The minimum atomic E-state index is 1.09. The molecule has 62 valence electrons. The van der Waals surface area contributed by atoms with Crippen LogP contribution < -0.4 is 0 Å². The molecule has 1 aromatic carbocycles. The SMILES string of the molecule is C=C1c2ccccc2CCN1C. The Hall–Kier alpha value is -1.24. The Labute approximate surface area is 73.3 Å². The fourth-order valence-electron chi connectivity index (χ4n) is 1.65. The van der Waals surface area contributed by atoms with Crippen molar-refractivity contribution in [1.82, 2.24) is 4.90 Å². The Morgan fingerprint density at radius 2 is 2.08 bits per heavy atom. The Kier molecular flexibility index (Phi) is 1.65. The molecule has 0 saturated carbocycles. The number of fused-ring (bicyclic) bond motifs is 1. The van der Waals surface area contributed by atoms with Gasteiger partial charge in [0, 0.05) is 24.9 Å². The quantitative estimate of drug-likeness (QED) is 0.560. The highest BCUT2D eigenvalue weighted by Crippen LogP contribution is 2.25. The molecule has 0 amide bonds. The largest absolute Gasteiger partial charge is 0.374 e. The zero-order valence-electron chi connectivity index (χ0n) is 7.38. The maximum atomic E-state index is 4.06. The molecule has 0 spiro atoms. The molecule has 1 aliphatic rings. The van der Waals surface area contributed by atoms with Crippen molar-refractivity contribution in [2.45, 2.75) is 6.42 Å². The van der Waals surface area contributed by atoms with Gasteiger partial charge >= 0.3 is 0 Å². The number of rotatable bonds is 0. The van der Waals surface area contributed by atoms with Crippen LogP contribution in [-0.4, -0.2) is 18.5 Å². The lowest BCUT2D eigenvalue weighted by atomic mass is 9.98. The fraction of sp³-hybridized carbons (Fsp3) is 0.273. The molecule has 1 heterocycles. The molecule has 0 bridgehead atoms. The zero-order valence-corrected chi connectivity index (χ0v) is 7.38. The van der Waals surface area contributed by atoms with Crippen molar-refractivity contribution in [1.29, 1.82) is 0 Å². The third-order valence-corrected chi connectivity index (χ3v) is 2.51. The highest BCUT2D eigenvalue weighted by Gasteiger charge is 2.14. The Balaban J connectivity index is 2.49. The van der Waals surface area contributed by atoms with Gasteiger partial charge in [-0.15, -0.1) is 0 Å². The molecule has 0 radical (unpaired) electrons. The van der Waals surface area contributed by atoms with E-state index in [1.165, 1.54) is 11.1 Å². The second kappa shape index (κ2) is 2.67. The lowest BCUT2D eigenvalue weighted by molar-refractivity contribution is 0.470. The maximum Gasteiger partial charge on any atom is 0.0367 e. The molecule has 0 fully saturated rings. The maximum absolute atomic E-state index is 4.06. The fourth-order valence-corrected chi connectivity index (χ4v) is 1.65. The van der Waals surface area contributed by atoms with Crippen molar-refractivity contribution in [3.05, 3.63) is 42.0 Å². The van der Waals surface area contributed by atoms with Crippen molar-refractivity contribution in [3.8, 4) is 0 Å². The summed E-state index contributed by atoms with van der Waals surface area (Å²) in [5.74, 6) is 0. The summed E-state index contributed by atoms with van der Waals surface area (Å²) >= 11 is 0. The van der Waals surface area contributed by atoms with Crippen molar-refractivity contribution >= 4 is 5.70 Å². The van der Waals surface area contributed by atoms with Gasteiger partial charge in [0.05, 0.1) is 0 Å². The van der Waals surface area contributed by atoms with Crippen molar-refractivity contribution < 1.29 is 0 Å². The van der Waals surface area contributed by atoms with Crippen LogP contribution in [-0.2, 0) is 6.42 Å². The molecule has 12 heavy (non-hydrogen) atoms. The third kappa shape index (κ3) is 1.02. The molecular formula is C11H13N. The third-order valence-electron chi connectivity index (χ3n) is 2.51. The van der Waals surface area contributed by atoms with Crippen LogP contribution in [0.2, 0.25) is 0 Å². The van der Waals surface area contributed by atoms with E-state index in [9.17, 15) is 0 Å². The van der Waals surface area contributed by atoms with E-state index in [0.717, 1.165) is 18.7 Å². The van der Waals surface area contributed by atoms with E-state index in [1.54, 1.807) is 0 Å². The normalized spacial score (nSPS) is 16.1. The van der Waals surface area contributed by atoms with Gasteiger partial charge in [-0.25, -0.2) is 0 Å². The van der Waals surface area contributed by atoms with Gasteiger partial charge < -0.3 is 4.90 Å². The standard InChI is InChI=1S/C11H13N/c1-9-11-6-4-3-5-10(11)7-8-12(9)2/h3-6H,1,7-8H2,2H3. The van der Waals surface area contributed by atoms with Crippen LogP contribution in [0.4, 0.5) is 0 Å². The summed E-state index contributed by atoms with van der Waals surface area (Å²) in [5, 5.41) is 0. The molecule has 0 unspecified atom stereocenters. The van der Waals surface area contributed by atoms with Crippen LogP contribution in [0.5, 0.6) is 0 Å². The lowest BCUT2D eigenvalue weighted by Crippen LogP contribution is -2.24. The van der Waals surface area contributed by atoms with E-state index in [4.69, 9.17) is 0 Å². The van der Waals surface area contributed by atoms with E-state index < -0.39 is 0 Å². The summed E-state index contributed by atoms with van der Waals surface area (Å²) < 4.78 is 0. The first-order chi connectivity index (χ1) is 5.79. The number of likely N-dealkylation sites (N-methyl/N-ethyl adjacent to an activating group) is 1. The summed E-state index contributed by atoms with van der Waals surface area (Å²) in [5.41, 5.74) is 3.89. The molecule has 1 nitrogen and oxygen atoms in total. The second-order valence-electron chi connectivity index (χ2n) is 3.28. The Morgan fingerprint density at radius 3 is 2.92 bits per heavy atom. The predicted octanol–water partition coefficient (Wildman–Crippen LogP) is 2.15. The molecule has 0 N–H and O–H groups in total. The predicted molar refractivity (Wildman–Crippen MR) is 51.8 cm³/mol. The average Bonchev–Trinajstić information content (AvgIpc) is 2.12. The van der Waals surface area contributed by atoms with E-state index in [1.807, 2.05) is 0 Å². The summed E-state index contributed by atoms with van der Waals surface area (Å²) in [7, 11) is 2.10. The molecular weight excluding hydrogens is 146 g/mol. The van der Waals surface area contributed by atoms with Crippen molar-refractivity contribution in [2.24, 2.45) is 0 Å². The van der Waals surface area contributed by atoms with Gasteiger partial charge in [0.2, 0.25) is 0 Å².